The quantitative estimate of drug-likeness (QED) is 0.479. The number of hydrogen-bond acceptors (Lipinski definition) is 6. The number of nitrogens with one attached hydrogen (secondary N) is 2. The first kappa shape index (κ1) is 38.2. The summed E-state index contributed by atoms with van der Waals surface area (Å²) in [5.41, 5.74) is 2.47. The number of rotatable bonds is 8. The number of benzene rings is 2. The summed E-state index contributed by atoms with van der Waals surface area (Å²) in [6.07, 6.45) is 2.45. The van der Waals surface area contributed by atoms with E-state index in [2.05, 4.69) is 53.9 Å². The van der Waals surface area contributed by atoms with E-state index in [1.165, 1.54) is 17.0 Å². The Kier molecular flexibility index (Phi) is 19.0. The second-order valence-corrected chi connectivity index (χ2v) is 12.1. The fraction of sp³-hybridized carbons (Fsp3) is 0.531. The highest BCUT2D eigenvalue weighted by atomic mass is 19.1. The Labute approximate surface area is 249 Å². The van der Waals surface area contributed by atoms with Crippen molar-refractivity contribution >= 4 is 18.3 Å². The molecule has 42 heavy (non-hydrogen) atoms. The van der Waals surface area contributed by atoms with Gasteiger partial charge in [-0.15, -0.1) is 0 Å². The van der Waals surface area contributed by atoms with Crippen molar-refractivity contribution in [2.75, 3.05) is 26.7 Å². The smallest absolute Gasteiger partial charge is 0.373 e. The lowest BCUT2D eigenvalue weighted by Crippen LogP contribution is -3.10. The number of nitrogens with zero attached hydrogens (tertiary/aromatic N) is 1. The molecule has 1 heterocycles. The highest BCUT2D eigenvalue weighted by Crippen LogP contribution is 2.17. The summed E-state index contributed by atoms with van der Waals surface area (Å²) in [6, 6.07) is 14.4. The summed E-state index contributed by atoms with van der Waals surface area (Å²) in [5.74, 6) is 1.06. The Balaban J connectivity index is 0.00000132. The molecular formula is C32H47FN3O6+. The highest BCUT2D eigenvalue weighted by Gasteiger charge is 2.28. The Morgan fingerprint density at radius 3 is 1.86 bits per heavy atom. The van der Waals surface area contributed by atoms with Crippen molar-refractivity contribution in [3.63, 3.8) is 0 Å². The maximum atomic E-state index is 13.3. The van der Waals surface area contributed by atoms with Crippen molar-refractivity contribution in [1.82, 2.24) is 10.2 Å². The van der Waals surface area contributed by atoms with E-state index in [1.807, 2.05) is 29.2 Å². The average molecular weight is 589 g/mol. The van der Waals surface area contributed by atoms with Gasteiger partial charge in [-0.25, -0.2) is 9.18 Å². The summed E-state index contributed by atoms with van der Waals surface area (Å²) in [6.45, 7) is 16.7. The van der Waals surface area contributed by atoms with Gasteiger partial charge in [-0.05, 0) is 46.7 Å². The zero-order valence-electron chi connectivity index (χ0n) is 26.0. The van der Waals surface area contributed by atoms with Crippen molar-refractivity contribution in [3.05, 3.63) is 65.5 Å². The minimum absolute atomic E-state index is 0.0750. The number of carbonyl (C=O) groups is 1. The molecule has 2 aromatic carbocycles. The number of halogens is 1. The topological polar surface area (TPSA) is 114 Å². The largest absolute Gasteiger partial charge is 0.493 e. The predicted octanol–water partition coefficient (Wildman–Crippen LogP) is 4.13. The minimum atomic E-state index is -0.261. The monoisotopic (exact) mass is 588 g/mol. The van der Waals surface area contributed by atoms with Gasteiger partial charge in [0.15, 0.2) is 0 Å². The van der Waals surface area contributed by atoms with E-state index in [4.69, 9.17) is 23.9 Å². The second kappa shape index (κ2) is 20.9. The summed E-state index contributed by atoms with van der Waals surface area (Å²) < 4.78 is 19.0. The molecule has 3 rings (SSSR count). The van der Waals surface area contributed by atoms with Gasteiger partial charge in [-0.1, -0.05) is 65.8 Å². The third-order valence-corrected chi connectivity index (χ3v) is 5.73. The number of ether oxygens (including phenoxy) is 1. The van der Waals surface area contributed by atoms with E-state index in [-0.39, 0.29) is 30.2 Å². The van der Waals surface area contributed by atoms with Gasteiger partial charge in [0.25, 0.3) is 0 Å². The lowest BCUT2D eigenvalue weighted by atomic mass is 10.0. The maximum absolute atomic E-state index is 13.3. The van der Waals surface area contributed by atoms with E-state index < -0.39 is 0 Å². The van der Waals surface area contributed by atoms with Gasteiger partial charge in [0, 0.05) is 32.0 Å². The number of piperidine rings is 1. The highest BCUT2D eigenvalue weighted by molar-refractivity contribution is 5.74. The fourth-order valence-corrected chi connectivity index (χ4v) is 3.81. The maximum Gasteiger partial charge on any atom is 0.373 e. The first-order chi connectivity index (χ1) is 19.7. The number of likely N-dealkylation sites (tertiary alicyclic amines) is 1. The van der Waals surface area contributed by atoms with E-state index in [0.717, 1.165) is 42.8 Å². The molecule has 2 N–H and O–H groups in total. The molecule has 1 fully saturated rings. The van der Waals surface area contributed by atoms with Gasteiger partial charge in [0.1, 0.15) is 11.6 Å². The first-order valence-corrected chi connectivity index (χ1v) is 14.0. The summed E-state index contributed by atoms with van der Waals surface area (Å²) in [7, 11) is 2.19. The van der Waals surface area contributed by atoms with E-state index in [9.17, 15) is 9.18 Å². The van der Waals surface area contributed by atoms with E-state index in [0.29, 0.717) is 31.0 Å². The van der Waals surface area contributed by atoms with Crippen LogP contribution in [0.4, 0.5) is 9.18 Å². The molecular weight excluding hydrogens is 541 g/mol. The number of quaternary nitrogens is 1. The van der Waals surface area contributed by atoms with Gasteiger partial charge >= 0.3 is 18.3 Å². The van der Waals surface area contributed by atoms with Crippen molar-refractivity contribution in [2.45, 2.75) is 73.5 Å². The third kappa shape index (κ3) is 19.3. The number of hydrogen-bond donors (Lipinski definition) is 2. The standard InChI is InChI=1S/C25H34FN3O2.C5H12.2CO2/c1-19(2)18-31-24-10-6-20(7-11-24)16-27-25(30)29(23-12-14-28(3)15-13-23)17-21-4-8-22(26)9-5-21;1-5(2,3)4;2*2-1-3/h4-11,19,23H,12-18H2,1-3H3,(H,27,30);1-4H3;;/p+1. The van der Waals surface area contributed by atoms with Crippen LogP contribution in [0.1, 0.15) is 65.5 Å². The molecule has 2 amide bonds. The summed E-state index contributed by atoms with van der Waals surface area (Å²) in [5, 5.41) is 3.07. The Morgan fingerprint density at radius 2 is 1.40 bits per heavy atom. The summed E-state index contributed by atoms with van der Waals surface area (Å²) in [4.78, 5) is 49.0. The number of amides is 2. The first-order valence-electron chi connectivity index (χ1n) is 14.0. The van der Waals surface area contributed by atoms with Gasteiger partial charge in [-0.2, -0.15) is 19.2 Å². The second-order valence-electron chi connectivity index (χ2n) is 12.1. The number of carbonyl (C=O) groups excluding carboxylic acids is 5. The fourth-order valence-electron chi connectivity index (χ4n) is 3.81. The zero-order valence-corrected chi connectivity index (χ0v) is 26.0. The third-order valence-electron chi connectivity index (χ3n) is 5.73. The number of urea groups is 1. The Bertz CT molecular complexity index is 1060. The van der Waals surface area contributed by atoms with Crippen LogP contribution in [0, 0.1) is 17.2 Å². The molecule has 0 bridgehead atoms. The predicted molar refractivity (Wildman–Crippen MR) is 156 cm³/mol. The van der Waals surface area contributed by atoms with Crippen molar-refractivity contribution < 1.29 is 38.0 Å². The van der Waals surface area contributed by atoms with Gasteiger partial charge < -0.3 is 19.9 Å². The van der Waals surface area contributed by atoms with Crippen LogP contribution in [-0.4, -0.2) is 56.0 Å². The minimum Gasteiger partial charge on any atom is -0.493 e. The molecule has 0 saturated carbocycles. The van der Waals surface area contributed by atoms with Crippen molar-refractivity contribution in [2.24, 2.45) is 11.3 Å². The van der Waals surface area contributed by atoms with Crippen LogP contribution in [0.15, 0.2) is 48.5 Å². The van der Waals surface area contributed by atoms with Crippen LogP contribution in [0.2, 0.25) is 0 Å². The Hall–Kier alpha value is -3.84. The van der Waals surface area contributed by atoms with Crippen LogP contribution in [0.25, 0.3) is 0 Å². The van der Waals surface area contributed by atoms with Gasteiger partial charge in [0.2, 0.25) is 0 Å². The Morgan fingerprint density at radius 1 is 0.952 bits per heavy atom. The summed E-state index contributed by atoms with van der Waals surface area (Å²) >= 11 is 0. The van der Waals surface area contributed by atoms with Crippen LogP contribution < -0.4 is 15.0 Å². The van der Waals surface area contributed by atoms with Crippen molar-refractivity contribution in [3.8, 4) is 5.75 Å². The van der Waals surface area contributed by atoms with Crippen molar-refractivity contribution in [1.29, 1.82) is 0 Å². The molecule has 9 nitrogen and oxygen atoms in total. The van der Waals surface area contributed by atoms with Crippen LogP contribution in [0.3, 0.4) is 0 Å². The molecule has 0 aromatic heterocycles. The van der Waals surface area contributed by atoms with Crippen LogP contribution in [0.5, 0.6) is 5.75 Å². The van der Waals surface area contributed by atoms with Crippen LogP contribution in [-0.2, 0) is 32.3 Å². The molecule has 10 heteroatoms. The SMILES string of the molecule is CC(C)(C)C.CC(C)COc1ccc(CNC(=O)N(Cc2ccc(F)cc2)C2CC[NH+](C)CC2)cc1.O=C=O.O=C=O. The molecule has 1 aliphatic heterocycles. The molecule has 0 atom stereocenters. The lowest BCUT2D eigenvalue weighted by molar-refractivity contribution is -0.885. The molecule has 0 aliphatic carbocycles. The molecule has 1 saturated heterocycles. The molecule has 1 aliphatic rings. The molecule has 0 spiro atoms. The van der Waals surface area contributed by atoms with Gasteiger partial charge in [0.05, 0.1) is 26.7 Å². The zero-order chi connectivity index (χ0) is 32.1. The van der Waals surface area contributed by atoms with Crippen LogP contribution >= 0.6 is 0 Å². The molecule has 0 unspecified atom stereocenters. The molecule has 232 valence electrons. The van der Waals surface area contributed by atoms with E-state index >= 15 is 0 Å². The molecule has 0 radical (unpaired) electrons. The average Bonchev–Trinajstić information content (AvgIpc) is 2.91. The lowest BCUT2D eigenvalue weighted by Gasteiger charge is -2.36. The normalized spacial score (nSPS) is 15.5. The molecule has 2 aromatic rings. The van der Waals surface area contributed by atoms with E-state index in [1.54, 1.807) is 12.1 Å². The van der Waals surface area contributed by atoms with Gasteiger partial charge in [-0.3, -0.25) is 0 Å².